The van der Waals surface area contributed by atoms with Crippen LogP contribution in [-0.4, -0.2) is 25.1 Å². The smallest absolute Gasteiger partial charge is 0.348 e. The summed E-state index contributed by atoms with van der Waals surface area (Å²) in [6, 6.07) is 7.92. The second kappa shape index (κ2) is 9.90. The molecule has 0 saturated carbocycles. The number of rotatable bonds is 8. The zero-order valence-corrected chi connectivity index (χ0v) is 17.4. The third kappa shape index (κ3) is 5.11. The molecule has 148 valence electrons. The van der Waals surface area contributed by atoms with Crippen LogP contribution in [0.2, 0.25) is 0 Å². The highest BCUT2D eigenvalue weighted by Gasteiger charge is 2.22. The zero-order chi connectivity index (χ0) is 20.7. The van der Waals surface area contributed by atoms with E-state index in [0.29, 0.717) is 34.0 Å². The summed E-state index contributed by atoms with van der Waals surface area (Å²) >= 11 is 1.07. The third-order valence-corrected chi connectivity index (χ3v) is 5.52. The van der Waals surface area contributed by atoms with Crippen molar-refractivity contribution in [2.45, 2.75) is 40.5 Å². The van der Waals surface area contributed by atoms with E-state index in [1.165, 1.54) is 0 Å². The number of amides is 1. The van der Waals surface area contributed by atoms with E-state index in [4.69, 9.17) is 9.47 Å². The lowest BCUT2D eigenvalue weighted by Gasteiger charge is -2.10. The standard InChI is InChI=1S/C21H24N2O4S/c1-5-26-21(25)19-15(4)16(12-22)20(28-19)23-18(24)10-7-11-27-17-9-6-8-13(2)14(17)3/h6,8-9H,5,7,10-11H2,1-4H3,(H,23,24). The van der Waals surface area contributed by atoms with Crippen LogP contribution in [0.15, 0.2) is 18.2 Å². The number of carbonyl (C=O) groups is 2. The van der Waals surface area contributed by atoms with Gasteiger partial charge in [-0.1, -0.05) is 12.1 Å². The van der Waals surface area contributed by atoms with E-state index < -0.39 is 5.97 Å². The normalized spacial score (nSPS) is 10.2. The van der Waals surface area contributed by atoms with Crippen LogP contribution in [0.4, 0.5) is 5.00 Å². The minimum atomic E-state index is -0.482. The topological polar surface area (TPSA) is 88.4 Å². The fraction of sp³-hybridized carbons (Fsp3) is 0.381. The lowest BCUT2D eigenvalue weighted by Crippen LogP contribution is -2.13. The van der Waals surface area contributed by atoms with Gasteiger partial charge >= 0.3 is 5.97 Å². The van der Waals surface area contributed by atoms with Gasteiger partial charge < -0.3 is 14.8 Å². The summed E-state index contributed by atoms with van der Waals surface area (Å²) < 4.78 is 10.8. The number of hydrogen-bond donors (Lipinski definition) is 1. The molecule has 1 amide bonds. The van der Waals surface area contributed by atoms with E-state index in [9.17, 15) is 14.9 Å². The molecule has 0 spiro atoms. The first-order valence-electron chi connectivity index (χ1n) is 9.08. The van der Waals surface area contributed by atoms with E-state index in [0.717, 1.165) is 28.2 Å². The minimum Gasteiger partial charge on any atom is -0.493 e. The number of thiophene rings is 1. The number of anilines is 1. The largest absolute Gasteiger partial charge is 0.493 e. The van der Waals surface area contributed by atoms with Crippen molar-refractivity contribution in [2.75, 3.05) is 18.5 Å². The number of carbonyl (C=O) groups excluding carboxylic acids is 2. The monoisotopic (exact) mass is 400 g/mol. The maximum atomic E-state index is 12.2. The Morgan fingerprint density at radius 2 is 1.96 bits per heavy atom. The molecular formula is C21H24N2O4S. The zero-order valence-electron chi connectivity index (χ0n) is 16.5. The van der Waals surface area contributed by atoms with E-state index in [-0.39, 0.29) is 18.9 Å². The van der Waals surface area contributed by atoms with Crippen LogP contribution in [0, 0.1) is 32.1 Å². The van der Waals surface area contributed by atoms with Crippen LogP contribution in [0.25, 0.3) is 0 Å². The Hall–Kier alpha value is -2.85. The number of nitrogens with one attached hydrogen (secondary N) is 1. The fourth-order valence-electron chi connectivity index (χ4n) is 2.61. The first-order chi connectivity index (χ1) is 13.4. The van der Waals surface area contributed by atoms with Gasteiger partial charge in [0.25, 0.3) is 0 Å². The molecule has 0 radical (unpaired) electrons. The maximum Gasteiger partial charge on any atom is 0.348 e. The van der Waals surface area contributed by atoms with Crippen molar-refractivity contribution in [2.24, 2.45) is 0 Å². The molecule has 0 unspecified atom stereocenters. The number of hydrogen-bond acceptors (Lipinski definition) is 6. The maximum absolute atomic E-state index is 12.2. The van der Waals surface area contributed by atoms with Crippen LogP contribution < -0.4 is 10.1 Å². The molecule has 0 fully saturated rings. The molecule has 1 heterocycles. The van der Waals surface area contributed by atoms with Crippen LogP contribution in [0.3, 0.4) is 0 Å². The first-order valence-corrected chi connectivity index (χ1v) is 9.90. The van der Waals surface area contributed by atoms with Crippen LogP contribution in [0.5, 0.6) is 5.75 Å². The molecule has 1 aromatic heterocycles. The van der Waals surface area contributed by atoms with Gasteiger partial charge in [0.2, 0.25) is 5.91 Å². The van der Waals surface area contributed by atoms with Crippen LogP contribution in [0.1, 0.15) is 51.7 Å². The van der Waals surface area contributed by atoms with Gasteiger partial charge in [0, 0.05) is 6.42 Å². The van der Waals surface area contributed by atoms with Crippen molar-refractivity contribution in [1.29, 1.82) is 5.26 Å². The molecule has 0 saturated heterocycles. The molecule has 28 heavy (non-hydrogen) atoms. The average molecular weight is 401 g/mol. The van der Waals surface area contributed by atoms with E-state index in [1.54, 1.807) is 13.8 Å². The number of esters is 1. The molecule has 0 aliphatic rings. The number of ether oxygens (including phenoxy) is 2. The predicted octanol–water partition coefficient (Wildman–Crippen LogP) is 4.52. The van der Waals surface area contributed by atoms with Crippen molar-refractivity contribution < 1.29 is 19.1 Å². The average Bonchev–Trinajstić information content (AvgIpc) is 2.97. The lowest BCUT2D eigenvalue weighted by atomic mass is 10.1. The molecule has 2 rings (SSSR count). The molecule has 1 N–H and O–H groups in total. The van der Waals surface area contributed by atoms with E-state index in [1.807, 2.05) is 32.0 Å². The fourth-order valence-corrected chi connectivity index (χ4v) is 3.68. The summed E-state index contributed by atoms with van der Waals surface area (Å²) in [5.41, 5.74) is 3.07. The molecule has 0 atom stereocenters. The first kappa shape index (κ1) is 21.5. The summed E-state index contributed by atoms with van der Waals surface area (Å²) in [7, 11) is 0. The minimum absolute atomic E-state index is 0.224. The van der Waals surface area contributed by atoms with Crippen molar-refractivity contribution in [1.82, 2.24) is 0 Å². The Balaban J connectivity index is 1.92. The molecule has 0 aliphatic carbocycles. The number of benzene rings is 1. The summed E-state index contributed by atoms with van der Waals surface area (Å²) in [6.07, 6.45) is 0.789. The van der Waals surface area contributed by atoms with Crippen molar-refractivity contribution in [3.05, 3.63) is 45.3 Å². The highest BCUT2D eigenvalue weighted by molar-refractivity contribution is 7.18. The molecule has 6 nitrogen and oxygen atoms in total. The Bertz CT molecular complexity index is 912. The summed E-state index contributed by atoms with van der Waals surface area (Å²) in [6.45, 7) is 8.08. The van der Waals surface area contributed by atoms with Gasteiger partial charge in [0.15, 0.2) is 0 Å². The molecule has 0 bridgehead atoms. The van der Waals surface area contributed by atoms with Gasteiger partial charge in [-0.2, -0.15) is 5.26 Å². The third-order valence-electron chi connectivity index (χ3n) is 4.33. The van der Waals surface area contributed by atoms with Gasteiger partial charge in [-0.15, -0.1) is 11.3 Å². The summed E-state index contributed by atoms with van der Waals surface area (Å²) in [5, 5.41) is 12.5. The number of nitrogens with zero attached hydrogens (tertiary/aromatic N) is 1. The molecular weight excluding hydrogens is 376 g/mol. The number of nitriles is 1. The summed E-state index contributed by atoms with van der Waals surface area (Å²) in [5.74, 6) is 0.113. The van der Waals surface area contributed by atoms with Crippen molar-refractivity contribution in [3.8, 4) is 11.8 Å². The highest BCUT2D eigenvalue weighted by Crippen LogP contribution is 2.33. The van der Waals surface area contributed by atoms with E-state index in [2.05, 4.69) is 11.4 Å². The molecule has 1 aromatic carbocycles. The van der Waals surface area contributed by atoms with Gasteiger partial charge in [0.1, 0.15) is 21.7 Å². The highest BCUT2D eigenvalue weighted by atomic mass is 32.1. The molecule has 2 aromatic rings. The van der Waals surface area contributed by atoms with Crippen molar-refractivity contribution in [3.63, 3.8) is 0 Å². The second-order valence-corrected chi connectivity index (χ2v) is 7.31. The number of aryl methyl sites for hydroxylation is 1. The van der Waals surface area contributed by atoms with Gasteiger partial charge in [-0.25, -0.2) is 4.79 Å². The SMILES string of the molecule is CCOC(=O)c1sc(NC(=O)CCCOc2cccc(C)c2C)c(C#N)c1C. The Morgan fingerprint density at radius 1 is 1.21 bits per heavy atom. The van der Waals surface area contributed by atoms with Gasteiger partial charge in [0.05, 0.1) is 18.8 Å². The Kier molecular flexibility index (Phi) is 7.59. The molecule has 0 aliphatic heterocycles. The lowest BCUT2D eigenvalue weighted by molar-refractivity contribution is -0.116. The van der Waals surface area contributed by atoms with Gasteiger partial charge in [-0.3, -0.25) is 4.79 Å². The van der Waals surface area contributed by atoms with Gasteiger partial charge in [-0.05, 0) is 56.9 Å². The van der Waals surface area contributed by atoms with Crippen LogP contribution >= 0.6 is 11.3 Å². The molecule has 7 heteroatoms. The Morgan fingerprint density at radius 3 is 2.64 bits per heavy atom. The quantitative estimate of drug-likeness (QED) is 0.520. The van der Waals surface area contributed by atoms with E-state index >= 15 is 0 Å². The van der Waals surface area contributed by atoms with Crippen LogP contribution in [-0.2, 0) is 9.53 Å². The predicted molar refractivity (Wildman–Crippen MR) is 109 cm³/mol. The second-order valence-electron chi connectivity index (χ2n) is 6.29. The summed E-state index contributed by atoms with van der Waals surface area (Å²) in [4.78, 5) is 24.6. The Labute approximate surface area is 169 Å². The van der Waals surface area contributed by atoms with Crippen molar-refractivity contribution >= 4 is 28.2 Å².